The lowest BCUT2D eigenvalue weighted by molar-refractivity contribution is -0.713. The monoisotopic (exact) mass is 779 g/mol. The van der Waals surface area contributed by atoms with E-state index in [0.717, 1.165) is 5.16 Å². The Morgan fingerprint density at radius 3 is 2.39 bits per heavy atom. The molecule has 1 N–H and O–H groups in total. The van der Waals surface area contributed by atoms with Crippen LogP contribution >= 0.6 is 11.8 Å². The molecule has 3 fully saturated rings. The summed E-state index contributed by atoms with van der Waals surface area (Å²) >= 11 is 1.56. The number of likely N-dealkylation sites (N-methyl/N-ethyl adjacent to an activating group) is 1. The number of aryl methyl sites for hydroxylation is 1. The molecule has 3 aliphatic heterocycles. The maximum Gasteiger partial charge on any atom is 0.410 e. The predicted octanol–water partition coefficient (Wildman–Crippen LogP) is 3.59. The van der Waals surface area contributed by atoms with Crippen LogP contribution < -0.4 is 4.57 Å². The van der Waals surface area contributed by atoms with Crippen molar-refractivity contribution in [3.63, 3.8) is 0 Å². The highest BCUT2D eigenvalue weighted by molar-refractivity contribution is 7.99. The van der Waals surface area contributed by atoms with Crippen molar-refractivity contribution < 1.29 is 52.5 Å². The van der Waals surface area contributed by atoms with Gasteiger partial charge in [0.05, 0.1) is 37.1 Å². The van der Waals surface area contributed by atoms with Gasteiger partial charge >= 0.3 is 17.2 Å². The van der Waals surface area contributed by atoms with Crippen LogP contribution in [0.5, 0.6) is 0 Å². The Morgan fingerprint density at radius 1 is 1.09 bits per heavy atom. The number of ketones is 2. The second-order valence-corrected chi connectivity index (χ2v) is 17.2. The number of nitrogens with zero attached hydrogens (tertiary/aromatic N) is 4. The van der Waals surface area contributed by atoms with Crippen molar-refractivity contribution >= 4 is 35.4 Å². The van der Waals surface area contributed by atoms with Crippen molar-refractivity contribution in [3.05, 3.63) is 18.5 Å². The van der Waals surface area contributed by atoms with Crippen LogP contribution in [0.4, 0.5) is 4.79 Å². The van der Waals surface area contributed by atoms with Gasteiger partial charge in [-0.2, -0.15) is 0 Å². The minimum atomic E-state index is -1.39. The van der Waals surface area contributed by atoms with Crippen molar-refractivity contribution in [3.8, 4) is 0 Å². The Morgan fingerprint density at radius 2 is 1.78 bits per heavy atom. The summed E-state index contributed by atoms with van der Waals surface area (Å²) in [5, 5.41) is 12.2. The van der Waals surface area contributed by atoms with Gasteiger partial charge in [0, 0.05) is 49.3 Å². The maximum absolute atomic E-state index is 14.6. The fraction of sp³-hybridized carbons (Fsp3) is 0.795. The highest BCUT2D eigenvalue weighted by Crippen LogP contribution is 2.43. The van der Waals surface area contributed by atoms with Gasteiger partial charge in [-0.3, -0.25) is 14.4 Å². The number of aliphatic hydroxyl groups excluding tert-OH is 1. The average Bonchev–Trinajstić information content (AvgIpc) is 3.39. The van der Waals surface area contributed by atoms with Crippen LogP contribution in [0.25, 0.3) is 0 Å². The third kappa shape index (κ3) is 9.12. The number of hydrogen-bond acceptors (Lipinski definition) is 13. The lowest BCUT2D eigenvalue weighted by atomic mass is 9.73. The molecule has 1 amide bonds. The minimum absolute atomic E-state index is 0.135. The number of carbonyl (C=O) groups excluding carboxylic acids is 4. The second kappa shape index (κ2) is 18.1. The summed E-state index contributed by atoms with van der Waals surface area (Å²) < 4.78 is 33.0. The molecule has 1 aromatic heterocycles. The van der Waals surface area contributed by atoms with E-state index in [1.165, 1.54) is 14.0 Å². The largest absolute Gasteiger partial charge is 0.458 e. The first-order valence-corrected chi connectivity index (χ1v) is 20.2. The third-order valence-electron chi connectivity index (χ3n) is 11.8. The Bertz CT molecular complexity index is 1500. The number of ether oxygens (including phenoxy) is 5. The Hall–Kier alpha value is -2.69. The number of aromatic nitrogens is 2. The molecule has 1 unspecified atom stereocenters. The average molecular weight is 780 g/mol. The fourth-order valence-corrected chi connectivity index (χ4v) is 9.53. The van der Waals surface area contributed by atoms with E-state index >= 15 is 0 Å². The summed E-state index contributed by atoms with van der Waals surface area (Å²) in [6, 6.07) is 0.798. The number of rotatable bonds is 10. The molecule has 4 rings (SSSR count). The van der Waals surface area contributed by atoms with E-state index in [9.17, 15) is 24.3 Å². The van der Waals surface area contributed by atoms with E-state index in [-0.39, 0.29) is 30.8 Å². The molecule has 0 radical (unpaired) electrons. The first kappa shape index (κ1) is 44.0. The molecular weight excluding hydrogens is 717 g/mol. The van der Waals surface area contributed by atoms with Crippen molar-refractivity contribution in [1.82, 2.24) is 14.8 Å². The SMILES string of the molecule is CC[C@H]1OC(=O)[C@H](C)C(=O)[C@H](C)[C@@H](O[C@@H]2O[C@H](C)C[C@H](N(C)C)[C@H]2O)[C@@](C)(OC)C[C@@H](C)C(=O)[C@H](C)C2N(CCCSc3nccc[n+]3C)C(=O)O[C@@]21C. The zero-order chi connectivity index (χ0) is 40.3. The lowest BCUT2D eigenvalue weighted by Gasteiger charge is -2.47. The third-order valence-corrected chi connectivity index (χ3v) is 13.0. The lowest BCUT2D eigenvalue weighted by Crippen LogP contribution is -2.60. The number of cyclic esters (lactones) is 1. The van der Waals surface area contributed by atoms with Crippen LogP contribution in [0.15, 0.2) is 23.6 Å². The Balaban J connectivity index is 1.71. The van der Waals surface area contributed by atoms with Crippen molar-refractivity contribution in [2.24, 2.45) is 30.7 Å². The molecule has 4 heterocycles. The number of thioether (sulfide) groups is 1. The number of aliphatic hydroxyl groups is 1. The summed E-state index contributed by atoms with van der Waals surface area (Å²) in [5.41, 5.74) is -2.65. The van der Waals surface area contributed by atoms with Gasteiger partial charge < -0.3 is 38.6 Å². The van der Waals surface area contributed by atoms with E-state index in [0.29, 0.717) is 25.1 Å². The van der Waals surface area contributed by atoms with E-state index in [4.69, 9.17) is 23.7 Å². The molecular formula is C39H63N4O10S+. The fourth-order valence-electron chi connectivity index (χ4n) is 8.68. The summed E-state index contributed by atoms with van der Waals surface area (Å²) in [6.45, 7) is 14.3. The van der Waals surface area contributed by atoms with Crippen molar-refractivity contribution in [2.45, 2.75) is 140 Å². The van der Waals surface area contributed by atoms with Crippen LogP contribution in [0.1, 0.15) is 81.1 Å². The van der Waals surface area contributed by atoms with Gasteiger partial charge in [0.1, 0.15) is 30.1 Å². The van der Waals surface area contributed by atoms with E-state index < -0.39 is 83.4 Å². The summed E-state index contributed by atoms with van der Waals surface area (Å²) in [6.07, 6.45) is 0.225. The van der Waals surface area contributed by atoms with E-state index in [2.05, 4.69) is 4.98 Å². The van der Waals surface area contributed by atoms with Crippen molar-refractivity contribution in [2.75, 3.05) is 33.5 Å². The van der Waals surface area contributed by atoms with Gasteiger partial charge in [-0.1, -0.05) is 27.7 Å². The quantitative estimate of drug-likeness (QED) is 0.0919. The summed E-state index contributed by atoms with van der Waals surface area (Å²) in [7, 11) is 7.16. The number of fused-ring (bicyclic) bond motifs is 1. The first-order chi connectivity index (χ1) is 25.3. The molecule has 3 aliphatic rings. The highest BCUT2D eigenvalue weighted by Gasteiger charge is 2.60. The number of methoxy groups -OCH3 is 1. The highest BCUT2D eigenvalue weighted by atomic mass is 32.2. The van der Waals surface area contributed by atoms with E-state index in [1.807, 2.05) is 63.6 Å². The second-order valence-electron chi connectivity index (χ2n) is 16.1. The predicted molar refractivity (Wildman–Crippen MR) is 200 cm³/mol. The number of Topliss-reactive ketones (excluding diaryl/α,β-unsaturated/α-hetero) is 2. The molecule has 0 aromatic carbocycles. The summed E-state index contributed by atoms with van der Waals surface area (Å²) in [4.78, 5) is 64.5. The number of amides is 1. The molecule has 15 heteroatoms. The molecule has 13 atom stereocenters. The van der Waals surface area contributed by atoms with E-state index in [1.54, 1.807) is 50.6 Å². The standard InChI is InChI=1S/C39H63N4O10S/c1-13-28-39(8)32(43(37(48)53-39)18-15-19-54-36-40-16-14-17-42(36)11)24(4)29(44)22(2)21-38(7,49-12)33(25(5)30(45)26(6)34(47)51-28)52-35-31(46)27(41(9)10)20-23(3)50-35/h14,16-17,22-28,31-33,35,46H,13,15,18-21H2,1-12H3/q+1/t22-,23-,24+,25+,26-,27+,28-,31-,32?,33-,35+,38+,39-/m1/s1. The molecule has 0 spiro atoms. The van der Waals surface area contributed by atoms with Gasteiger partial charge in [0.2, 0.25) is 0 Å². The number of carbonyl (C=O) groups is 4. The number of esters is 1. The smallest absolute Gasteiger partial charge is 0.410 e. The summed E-state index contributed by atoms with van der Waals surface area (Å²) in [5.74, 6) is -4.25. The van der Waals surface area contributed by atoms with Crippen LogP contribution in [0.2, 0.25) is 0 Å². The molecule has 0 aliphatic carbocycles. The van der Waals surface area contributed by atoms with Gasteiger partial charge in [-0.15, -0.1) is 0 Å². The van der Waals surface area contributed by atoms with Gasteiger partial charge in [-0.25, -0.2) is 9.36 Å². The molecule has 1 aromatic rings. The molecule has 304 valence electrons. The molecule has 14 nitrogen and oxygen atoms in total. The number of hydrogen-bond donors (Lipinski definition) is 1. The zero-order valence-electron chi connectivity index (χ0n) is 34.1. The van der Waals surface area contributed by atoms with Crippen LogP contribution in [0, 0.1) is 23.7 Å². The minimum Gasteiger partial charge on any atom is -0.458 e. The van der Waals surface area contributed by atoms with Gasteiger partial charge in [0.25, 0.3) is 0 Å². The molecule has 0 bridgehead atoms. The Labute approximate surface area is 324 Å². The van der Waals surface area contributed by atoms with Crippen molar-refractivity contribution in [1.29, 1.82) is 0 Å². The first-order valence-electron chi connectivity index (χ1n) is 19.2. The molecule has 0 saturated carbocycles. The van der Waals surface area contributed by atoms with Gasteiger partial charge in [0.15, 0.2) is 17.7 Å². The van der Waals surface area contributed by atoms with Gasteiger partial charge in [-0.05, 0) is 84.2 Å². The molecule has 54 heavy (non-hydrogen) atoms. The topological polar surface area (TPSA) is 158 Å². The zero-order valence-corrected chi connectivity index (χ0v) is 35.0. The normalized spacial score (nSPS) is 38.6. The molecule has 3 saturated heterocycles. The maximum atomic E-state index is 14.6. The van der Waals surface area contributed by atoms with Crippen LogP contribution in [0.3, 0.4) is 0 Å². The Kier molecular flexibility index (Phi) is 14.7. The van der Waals surface area contributed by atoms with Crippen LogP contribution in [-0.4, -0.2) is 131 Å². The van der Waals surface area contributed by atoms with Crippen LogP contribution in [-0.2, 0) is 45.1 Å².